The summed E-state index contributed by atoms with van der Waals surface area (Å²) in [5.74, 6) is 1.02. The van der Waals surface area contributed by atoms with E-state index in [9.17, 15) is 0 Å². The maximum atomic E-state index is 8.57. The Kier molecular flexibility index (Phi) is 2.15. The van der Waals surface area contributed by atoms with Crippen molar-refractivity contribution in [3.05, 3.63) is 42.2 Å². The molecule has 2 aromatic rings. The van der Waals surface area contributed by atoms with Crippen LogP contribution in [0.3, 0.4) is 0 Å². The van der Waals surface area contributed by atoms with Crippen molar-refractivity contribution in [1.29, 1.82) is 5.26 Å². The van der Waals surface area contributed by atoms with E-state index in [2.05, 4.69) is 9.68 Å². The Labute approximate surface area is 80.3 Å². The lowest BCUT2D eigenvalue weighted by atomic mass is 10.2. The number of aromatic nitrogens is 1. The average molecular weight is 186 g/mol. The van der Waals surface area contributed by atoms with Gasteiger partial charge in [-0.15, -0.1) is 0 Å². The van der Waals surface area contributed by atoms with Crippen LogP contribution >= 0.6 is 0 Å². The molecule has 0 aliphatic rings. The standard InChI is InChI=1S/C10H6N2O2/c11-7-8-1-3-9(4-2-8)14-10-5-6-13-12-10/h1-6H. The highest BCUT2D eigenvalue weighted by atomic mass is 16.5. The van der Waals surface area contributed by atoms with Crippen molar-refractivity contribution in [2.75, 3.05) is 0 Å². The van der Waals surface area contributed by atoms with Crippen LogP contribution in [-0.2, 0) is 0 Å². The topological polar surface area (TPSA) is 59.0 Å². The largest absolute Gasteiger partial charge is 0.436 e. The Balaban J connectivity index is 2.15. The summed E-state index contributed by atoms with van der Waals surface area (Å²) in [6, 6.07) is 10.4. The molecule has 0 unspecified atom stereocenters. The normalized spacial score (nSPS) is 9.36. The molecule has 1 aromatic heterocycles. The molecule has 1 heterocycles. The zero-order chi connectivity index (χ0) is 9.80. The summed E-state index contributed by atoms with van der Waals surface area (Å²) in [5, 5.41) is 12.2. The van der Waals surface area contributed by atoms with Gasteiger partial charge in [0.2, 0.25) is 0 Å². The Morgan fingerprint density at radius 3 is 2.57 bits per heavy atom. The summed E-state index contributed by atoms with van der Waals surface area (Å²) in [6.45, 7) is 0. The van der Waals surface area contributed by atoms with Crippen molar-refractivity contribution in [1.82, 2.24) is 5.16 Å². The number of hydrogen-bond donors (Lipinski definition) is 0. The lowest BCUT2D eigenvalue weighted by Gasteiger charge is -1.99. The Hall–Kier alpha value is -2.28. The second-order valence-electron chi connectivity index (χ2n) is 2.58. The first-order valence-electron chi connectivity index (χ1n) is 3.97. The van der Waals surface area contributed by atoms with E-state index >= 15 is 0 Å². The number of nitriles is 1. The lowest BCUT2D eigenvalue weighted by Crippen LogP contribution is -1.83. The van der Waals surface area contributed by atoms with Gasteiger partial charge in [0.1, 0.15) is 12.0 Å². The Morgan fingerprint density at radius 2 is 2.00 bits per heavy atom. The third-order valence-corrected chi connectivity index (χ3v) is 1.62. The predicted molar refractivity (Wildman–Crippen MR) is 47.7 cm³/mol. The van der Waals surface area contributed by atoms with E-state index in [1.54, 1.807) is 30.3 Å². The molecule has 2 rings (SSSR count). The van der Waals surface area contributed by atoms with Crippen molar-refractivity contribution in [3.63, 3.8) is 0 Å². The van der Waals surface area contributed by atoms with Gasteiger partial charge in [-0.2, -0.15) is 5.26 Å². The number of hydrogen-bond acceptors (Lipinski definition) is 4. The van der Waals surface area contributed by atoms with Crippen molar-refractivity contribution in [2.24, 2.45) is 0 Å². The first kappa shape index (κ1) is 8.32. The second-order valence-corrected chi connectivity index (χ2v) is 2.58. The summed E-state index contributed by atoms with van der Waals surface area (Å²) in [7, 11) is 0. The molecule has 68 valence electrons. The monoisotopic (exact) mass is 186 g/mol. The minimum Gasteiger partial charge on any atom is -0.436 e. The fourth-order valence-corrected chi connectivity index (χ4v) is 0.972. The molecule has 0 N–H and O–H groups in total. The molecule has 0 aliphatic carbocycles. The van der Waals surface area contributed by atoms with E-state index in [0.29, 0.717) is 17.2 Å². The van der Waals surface area contributed by atoms with E-state index in [1.807, 2.05) is 6.07 Å². The summed E-state index contributed by atoms with van der Waals surface area (Å²) in [6.07, 6.45) is 1.43. The molecule has 0 radical (unpaired) electrons. The van der Waals surface area contributed by atoms with Gasteiger partial charge in [0, 0.05) is 6.07 Å². The van der Waals surface area contributed by atoms with Gasteiger partial charge in [-0.25, -0.2) is 0 Å². The maximum Gasteiger partial charge on any atom is 0.259 e. The van der Waals surface area contributed by atoms with Crippen LogP contribution in [-0.4, -0.2) is 5.16 Å². The number of benzene rings is 1. The molecule has 0 aliphatic heterocycles. The molecular formula is C10H6N2O2. The van der Waals surface area contributed by atoms with E-state index in [0.717, 1.165) is 0 Å². The fraction of sp³-hybridized carbons (Fsp3) is 0. The highest BCUT2D eigenvalue weighted by Gasteiger charge is 1.99. The summed E-state index contributed by atoms with van der Waals surface area (Å²) in [4.78, 5) is 0. The summed E-state index contributed by atoms with van der Waals surface area (Å²) >= 11 is 0. The zero-order valence-corrected chi connectivity index (χ0v) is 7.18. The molecule has 14 heavy (non-hydrogen) atoms. The molecule has 0 fully saturated rings. The van der Waals surface area contributed by atoms with Crippen LogP contribution in [0.2, 0.25) is 0 Å². The average Bonchev–Trinajstić information content (AvgIpc) is 2.72. The highest BCUT2D eigenvalue weighted by Crippen LogP contribution is 2.19. The quantitative estimate of drug-likeness (QED) is 0.722. The SMILES string of the molecule is N#Cc1ccc(Oc2ccon2)cc1. The summed E-state index contributed by atoms with van der Waals surface area (Å²) < 4.78 is 9.91. The van der Waals surface area contributed by atoms with Gasteiger partial charge in [-0.1, -0.05) is 0 Å². The second kappa shape index (κ2) is 3.62. The maximum absolute atomic E-state index is 8.57. The molecule has 0 amide bonds. The van der Waals surface area contributed by atoms with Gasteiger partial charge in [0.05, 0.1) is 11.6 Å². The van der Waals surface area contributed by atoms with Crippen LogP contribution in [0.15, 0.2) is 41.1 Å². The molecule has 0 atom stereocenters. The van der Waals surface area contributed by atoms with Crippen LogP contribution < -0.4 is 4.74 Å². The van der Waals surface area contributed by atoms with E-state index in [1.165, 1.54) is 6.26 Å². The zero-order valence-electron chi connectivity index (χ0n) is 7.18. The van der Waals surface area contributed by atoms with Gasteiger partial charge in [0.25, 0.3) is 5.88 Å². The smallest absolute Gasteiger partial charge is 0.259 e. The van der Waals surface area contributed by atoms with Gasteiger partial charge in [-0.3, -0.25) is 0 Å². The van der Waals surface area contributed by atoms with Crippen LogP contribution in [0.1, 0.15) is 5.56 Å². The van der Waals surface area contributed by atoms with Gasteiger partial charge < -0.3 is 9.26 Å². The Bertz CT molecular complexity index is 440. The molecular weight excluding hydrogens is 180 g/mol. The van der Waals surface area contributed by atoms with Gasteiger partial charge >= 0.3 is 0 Å². The van der Waals surface area contributed by atoms with Crippen molar-refractivity contribution >= 4 is 0 Å². The van der Waals surface area contributed by atoms with Crippen LogP contribution in [0.25, 0.3) is 0 Å². The fourth-order valence-electron chi connectivity index (χ4n) is 0.972. The van der Waals surface area contributed by atoms with Crippen molar-refractivity contribution < 1.29 is 9.26 Å². The van der Waals surface area contributed by atoms with E-state index < -0.39 is 0 Å². The van der Waals surface area contributed by atoms with Crippen LogP contribution in [0.4, 0.5) is 0 Å². The summed E-state index contributed by atoms with van der Waals surface area (Å²) in [5.41, 5.74) is 0.595. The number of ether oxygens (including phenoxy) is 1. The van der Waals surface area contributed by atoms with Crippen molar-refractivity contribution in [3.8, 4) is 17.7 Å². The molecule has 0 saturated carbocycles. The molecule has 1 aromatic carbocycles. The Morgan fingerprint density at radius 1 is 1.21 bits per heavy atom. The van der Waals surface area contributed by atoms with E-state index in [4.69, 9.17) is 10.00 Å². The van der Waals surface area contributed by atoms with Gasteiger partial charge in [0.15, 0.2) is 0 Å². The number of nitrogens with zero attached hydrogens (tertiary/aromatic N) is 2. The predicted octanol–water partition coefficient (Wildman–Crippen LogP) is 2.34. The third-order valence-electron chi connectivity index (χ3n) is 1.62. The third kappa shape index (κ3) is 1.72. The minimum absolute atomic E-state index is 0.398. The first-order chi connectivity index (χ1) is 6.88. The van der Waals surface area contributed by atoms with E-state index in [-0.39, 0.29) is 0 Å². The minimum atomic E-state index is 0.398. The van der Waals surface area contributed by atoms with Crippen molar-refractivity contribution in [2.45, 2.75) is 0 Å². The molecule has 0 bridgehead atoms. The number of rotatable bonds is 2. The highest BCUT2D eigenvalue weighted by molar-refractivity contribution is 5.35. The molecule has 4 heteroatoms. The van der Waals surface area contributed by atoms with Gasteiger partial charge in [-0.05, 0) is 29.4 Å². The van der Waals surface area contributed by atoms with Crippen LogP contribution in [0.5, 0.6) is 11.6 Å². The first-order valence-corrected chi connectivity index (χ1v) is 3.97. The molecule has 4 nitrogen and oxygen atoms in total. The lowest BCUT2D eigenvalue weighted by molar-refractivity contribution is 0.367. The molecule has 0 spiro atoms. The van der Waals surface area contributed by atoms with Crippen LogP contribution in [0, 0.1) is 11.3 Å². The molecule has 0 saturated heterocycles.